The van der Waals surface area contributed by atoms with Crippen molar-refractivity contribution in [1.29, 1.82) is 0 Å². The topological polar surface area (TPSA) is 51.2 Å². The van der Waals surface area contributed by atoms with Crippen LogP contribution in [0.5, 0.6) is 0 Å². The Bertz CT molecular complexity index is 612. The lowest BCUT2D eigenvalue weighted by Crippen LogP contribution is -2.09. The van der Waals surface area contributed by atoms with Gasteiger partial charge in [-0.15, -0.1) is 0 Å². The summed E-state index contributed by atoms with van der Waals surface area (Å²) in [4.78, 5) is 15.9. The summed E-state index contributed by atoms with van der Waals surface area (Å²) >= 11 is 0. The Morgan fingerprint density at radius 3 is 2.80 bits per heavy atom. The van der Waals surface area contributed by atoms with Gasteiger partial charge in [-0.25, -0.2) is 9.18 Å². The number of methoxy groups -OCH3 is 1. The van der Waals surface area contributed by atoms with E-state index in [4.69, 9.17) is 0 Å². The maximum absolute atomic E-state index is 13.2. The van der Waals surface area contributed by atoms with Crippen molar-refractivity contribution in [3.05, 3.63) is 59.2 Å². The maximum Gasteiger partial charge on any atom is 0.340 e. The van der Waals surface area contributed by atoms with Gasteiger partial charge >= 0.3 is 5.97 Å². The van der Waals surface area contributed by atoms with Crippen molar-refractivity contribution in [1.82, 2.24) is 4.98 Å². The van der Waals surface area contributed by atoms with Crippen LogP contribution in [0.3, 0.4) is 0 Å². The molecule has 2 rings (SSSR count). The Labute approximate surface area is 116 Å². The molecule has 0 saturated heterocycles. The molecule has 0 aliphatic carbocycles. The largest absolute Gasteiger partial charge is 0.465 e. The number of ether oxygens (including phenoxy) is 1. The number of benzene rings is 1. The van der Waals surface area contributed by atoms with Crippen molar-refractivity contribution in [2.75, 3.05) is 12.4 Å². The van der Waals surface area contributed by atoms with Gasteiger partial charge in [-0.1, -0.05) is 6.07 Å². The van der Waals surface area contributed by atoms with Crippen molar-refractivity contribution < 1.29 is 13.9 Å². The number of nitrogens with zero attached hydrogens (tertiary/aromatic N) is 1. The molecule has 1 heterocycles. The third-order valence-corrected chi connectivity index (χ3v) is 2.82. The van der Waals surface area contributed by atoms with Crippen LogP contribution in [0.2, 0.25) is 0 Å². The Kier molecular flexibility index (Phi) is 4.30. The summed E-state index contributed by atoms with van der Waals surface area (Å²) in [5.74, 6) is -1.06. The number of rotatable bonds is 4. The second-order valence-corrected chi connectivity index (χ2v) is 4.36. The lowest BCUT2D eigenvalue weighted by atomic mass is 10.1. The maximum atomic E-state index is 13.2. The molecular weight excluding hydrogens is 259 g/mol. The second kappa shape index (κ2) is 6.14. The first-order valence-corrected chi connectivity index (χ1v) is 6.13. The molecule has 0 radical (unpaired) electrons. The molecular formula is C15H15FN2O2. The molecule has 0 aliphatic rings. The van der Waals surface area contributed by atoms with E-state index in [1.54, 1.807) is 6.20 Å². The number of aromatic nitrogens is 1. The molecule has 0 spiro atoms. The van der Waals surface area contributed by atoms with Crippen molar-refractivity contribution in [2.45, 2.75) is 13.5 Å². The van der Waals surface area contributed by atoms with Gasteiger partial charge in [-0.05, 0) is 36.8 Å². The van der Waals surface area contributed by atoms with Gasteiger partial charge in [-0.2, -0.15) is 0 Å². The number of hydrogen-bond donors (Lipinski definition) is 1. The van der Waals surface area contributed by atoms with Crippen LogP contribution in [0.1, 0.15) is 21.6 Å². The summed E-state index contributed by atoms with van der Waals surface area (Å²) in [6.07, 6.45) is 1.77. The highest BCUT2D eigenvalue weighted by molar-refractivity contribution is 5.95. The van der Waals surface area contributed by atoms with Crippen LogP contribution in [-0.2, 0) is 11.3 Å². The van der Waals surface area contributed by atoms with Crippen LogP contribution in [0, 0.1) is 12.7 Å². The summed E-state index contributed by atoms with van der Waals surface area (Å²) in [5, 5.41) is 3.06. The SMILES string of the molecule is COC(=O)c1cc(F)ccc1NCc1ccc(C)cn1. The summed E-state index contributed by atoms with van der Waals surface area (Å²) in [5.41, 5.74) is 2.58. The van der Waals surface area contributed by atoms with Gasteiger partial charge in [0.05, 0.1) is 24.9 Å². The third-order valence-electron chi connectivity index (χ3n) is 2.82. The van der Waals surface area contributed by atoms with Gasteiger partial charge < -0.3 is 10.1 Å². The Hall–Kier alpha value is -2.43. The van der Waals surface area contributed by atoms with Crippen molar-refractivity contribution in [3.63, 3.8) is 0 Å². The molecule has 0 aliphatic heterocycles. The number of anilines is 1. The van der Waals surface area contributed by atoms with E-state index in [1.165, 1.54) is 19.2 Å². The number of aryl methyl sites for hydroxylation is 1. The molecule has 0 atom stereocenters. The molecule has 1 aromatic heterocycles. The highest BCUT2D eigenvalue weighted by Crippen LogP contribution is 2.18. The van der Waals surface area contributed by atoms with Gasteiger partial charge in [0.2, 0.25) is 0 Å². The second-order valence-electron chi connectivity index (χ2n) is 4.36. The molecule has 0 bridgehead atoms. The van der Waals surface area contributed by atoms with E-state index < -0.39 is 11.8 Å². The predicted molar refractivity (Wildman–Crippen MR) is 74.0 cm³/mol. The number of carbonyl (C=O) groups excluding carboxylic acids is 1. The molecule has 0 unspecified atom stereocenters. The molecule has 5 heteroatoms. The zero-order chi connectivity index (χ0) is 14.5. The van der Waals surface area contributed by atoms with Gasteiger partial charge in [0.15, 0.2) is 0 Å². The van der Waals surface area contributed by atoms with E-state index in [-0.39, 0.29) is 5.56 Å². The number of carbonyl (C=O) groups is 1. The van der Waals surface area contributed by atoms with Gasteiger partial charge in [0, 0.05) is 11.9 Å². The molecule has 0 saturated carbocycles. The first kappa shape index (κ1) is 14.0. The standard InChI is InChI=1S/C15H15FN2O2/c1-10-3-5-12(17-8-10)9-18-14-6-4-11(16)7-13(14)15(19)20-2/h3-8,18H,9H2,1-2H3. The fraction of sp³-hybridized carbons (Fsp3) is 0.200. The van der Waals surface area contributed by atoms with Crippen LogP contribution < -0.4 is 5.32 Å². The van der Waals surface area contributed by atoms with Gasteiger partial charge in [-0.3, -0.25) is 4.98 Å². The van der Waals surface area contributed by atoms with Crippen molar-refractivity contribution in [3.8, 4) is 0 Å². The lowest BCUT2D eigenvalue weighted by molar-refractivity contribution is 0.0601. The first-order valence-electron chi connectivity index (χ1n) is 6.13. The normalized spacial score (nSPS) is 10.2. The number of nitrogens with one attached hydrogen (secondary N) is 1. The molecule has 1 aromatic carbocycles. The van der Waals surface area contributed by atoms with Gasteiger partial charge in [0.25, 0.3) is 0 Å². The minimum atomic E-state index is -0.580. The molecule has 20 heavy (non-hydrogen) atoms. The van der Waals surface area contributed by atoms with E-state index in [0.717, 1.165) is 17.3 Å². The molecule has 0 fully saturated rings. The Morgan fingerprint density at radius 1 is 1.35 bits per heavy atom. The molecule has 104 valence electrons. The fourth-order valence-corrected chi connectivity index (χ4v) is 1.74. The van der Waals surface area contributed by atoms with Crippen LogP contribution in [0.25, 0.3) is 0 Å². The van der Waals surface area contributed by atoms with E-state index in [0.29, 0.717) is 12.2 Å². The molecule has 1 N–H and O–H groups in total. The molecule has 0 amide bonds. The van der Waals surface area contributed by atoms with E-state index >= 15 is 0 Å². The number of halogens is 1. The van der Waals surface area contributed by atoms with E-state index in [1.807, 2.05) is 19.1 Å². The highest BCUT2D eigenvalue weighted by atomic mass is 19.1. The van der Waals surface area contributed by atoms with E-state index in [9.17, 15) is 9.18 Å². The van der Waals surface area contributed by atoms with Crippen molar-refractivity contribution in [2.24, 2.45) is 0 Å². The lowest BCUT2D eigenvalue weighted by Gasteiger charge is -2.10. The quantitative estimate of drug-likeness (QED) is 0.871. The zero-order valence-electron chi connectivity index (χ0n) is 11.3. The first-order chi connectivity index (χ1) is 9.60. The average molecular weight is 274 g/mol. The summed E-state index contributed by atoms with van der Waals surface area (Å²) < 4.78 is 17.8. The van der Waals surface area contributed by atoms with Crippen LogP contribution in [0.15, 0.2) is 36.5 Å². The average Bonchev–Trinajstić information content (AvgIpc) is 2.46. The zero-order valence-corrected chi connectivity index (χ0v) is 11.3. The number of pyridine rings is 1. The number of hydrogen-bond acceptors (Lipinski definition) is 4. The third kappa shape index (κ3) is 3.32. The summed E-state index contributed by atoms with van der Waals surface area (Å²) in [7, 11) is 1.26. The Morgan fingerprint density at radius 2 is 2.15 bits per heavy atom. The van der Waals surface area contributed by atoms with Crippen LogP contribution in [0.4, 0.5) is 10.1 Å². The highest BCUT2D eigenvalue weighted by Gasteiger charge is 2.12. The van der Waals surface area contributed by atoms with E-state index in [2.05, 4.69) is 15.0 Å². The minimum Gasteiger partial charge on any atom is -0.465 e. The van der Waals surface area contributed by atoms with Crippen molar-refractivity contribution >= 4 is 11.7 Å². The Balaban J connectivity index is 2.16. The minimum absolute atomic E-state index is 0.166. The van der Waals surface area contributed by atoms with Crippen LogP contribution in [-0.4, -0.2) is 18.1 Å². The number of esters is 1. The fourth-order valence-electron chi connectivity index (χ4n) is 1.74. The summed E-state index contributed by atoms with van der Waals surface area (Å²) in [6, 6.07) is 7.80. The molecule has 4 nitrogen and oxygen atoms in total. The molecule has 2 aromatic rings. The monoisotopic (exact) mass is 274 g/mol. The van der Waals surface area contributed by atoms with Gasteiger partial charge in [0.1, 0.15) is 5.82 Å². The van der Waals surface area contributed by atoms with Crippen LogP contribution >= 0.6 is 0 Å². The smallest absolute Gasteiger partial charge is 0.340 e. The predicted octanol–water partition coefficient (Wildman–Crippen LogP) is 2.93. The summed E-state index contributed by atoms with van der Waals surface area (Å²) in [6.45, 7) is 2.40.